The van der Waals surface area contributed by atoms with Crippen molar-refractivity contribution in [2.45, 2.75) is 13.0 Å². The van der Waals surface area contributed by atoms with Gasteiger partial charge in [0, 0.05) is 23.4 Å². The second-order valence-electron chi connectivity index (χ2n) is 4.72. The number of hydrogen-bond donors (Lipinski definition) is 1. The fourth-order valence-corrected chi connectivity index (χ4v) is 2.82. The molecule has 0 unspecified atom stereocenters. The zero-order valence-electron chi connectivity index (χ0n) is 12.5. The zero-order valence-corrected chi connectivity index (χ0v) is 13.3. The number of ether oxygens (including phenoxy) is 2. The minimum atomic E-state index is -0.342. The number of amides is 1. The summed E-state index contributed by atoms with van der Waals surface area (Å²) in [6.45, 7) is 2.28. The maximum Gasteiger partial charge on any atom is 0.258 e. The van der Waals surface area contributed by atoms with E-state index in [0.717, 1.165) is 4.88 Å². The van der Waals surface area contributed by atoms with Crippen molar-refractivity contribution in [3.8, 4) is 5.75 Å². The predicted molar refractivity (Wildman–Crippen MR) is 83.7 cm³/mol. The van der Waals surface area contributed by atoms with Gasteiger partial charge in [-0.25, -0.2) is 4.39 Å². The minimum Gasteiger partial charge on any atom is -0.484 e. The van der Waals surface area contributed by atoms with Crippen LogP contribution in [0.4, 0.5) is 4.39 Å². The highest BCUT2D eigenvalue weighted by atomic mass is 32.1. The average Bonchev–Trinajstić information content (AvgIpc) is 2.94. The van der Waals surface area contributed by atoms with Gasteiger partial charge in [0.25, 0.3) is 5.91 Å². The van der Waals surface area contributed by atoms with E-state index in [1.54, 1.807) is 18.4 Å². The molecular weight excluding hydrogens is 305 g/mol. The summed E-state index contributed by atoms with van der Waals surface area (Å²) < 4.78 is 23.4. The van der Waals surface area contributed by atoms with E-state index in [2.05, 4.69) is 5.32 Å². The second-order valence-corrected chi connectivity index (χ2v) is 6.04. The number of methoxy groups -OCH3 is 1. The Labute approximate surface area is 132 Å². The smallest absolute Gasteiger partial charge is 0.258 e. The van der Waals surface area contributed by atoms with E-state index in [4.69, 9.17) is 9.47 Å². The number of halogens is 1. The van der Waals surface area contributed by atoms with Crippen LogP contribution in [-0.4, -0.2) is 26.2 Å². The molecule has 0 aliphatic rings. The van der Waals surface area contributed by atoms with Crippen LogP contribution in [0, 0.1) is 12.7 Å². The molecule has 0 saturated carbocycles. The first-order chi connectivity index (χ1) is 10.6. The van der Waals surface area contributed by atoms with Crippen molar-refractivity contribution in [1.29, 1.82) is 0 Å². The molecule has 2 rings (SSSR count). The summed E-state index contributed by atoms with van der Waals surface area (Å²) in [5.74, 6) is -0.139. The maximum atomic E-state index is 12.7. The van der Waals surface area contributed by atoms with Crippen molar-refractivity contribution >= 4 is 17.2 Å². The van der Waals surface area contributed by atoms with Gasteiger partial charge in [-0.3, -0.25) is 4.79 Å². The Hall–Kier alpha value is -1.92. The van der Waals surface area contributed by atoms with Crippen molar-refractivity contribution in [2.75, 3.05) is 20.3 Å². The van der Waals surface area contributed by atoms with Gasteiger partial charge in [-0.2, -0.15) is 0 Å². The summed E-state index contributed by atoms with van der Waals surface area (Å²) in [7, 11) is 1.61. The fourth-order valence-electron chi connectivity index (χ4n) is 1.86. The number of rotatable bonds is 7. The van der Waals surface area contributed by atoms with Gasteiger partial charge in [0.05, 0.1) is 0 Å². The normalized spacial score (nSPS) is 12.0. The van der Waals surface area contributed by atoms with Gasteiger partial charge in [-0.1, -0.05) is 0 Å². The Bertz CT molecular complexity index is 612. The topological polar surface area (TPSA) is 47.6 Å². The lowest BCUT2D eigenvalue weighted by Crippen LogP contribution is -2.32. The number of benzene rings is 1. The molecule has 1 aromatic heterocycles. The largest absolute Gasteiger partial charge is 0.484 e. The van der Waals surface area contributed by atoms with Crippen LogP contribution in [0.25, 0.3) is 0 Å². The van der Waals surface area contributed by atoms with Crippen LogP contribution in [0.3, 0.4) is 0 Å². The van der Waals surface area contributed by atoms with Crippen molar-refractivity contribution < 1.29 is 18.7 Å². The molecule has 0 fully saturated rings. The zero-order chi connectivity index (χ0) is 15.9. The lowest BCUT2D eigenvalue weighted by atomic mass is 10.3. The summed E-state index contributed by atoms with van der Waals surface area (Å²) in [5, 5.41) is 2.77. The highest BCUT2D eigenvalue weighted by molar-refractivity contribution is 7.12. The molecule has 0 spiro atoms. The van der Waals surface area contributed by atoms with Crippen LogP contribution in [0.15, 0.2) is 36.4 Å². The Balaban J connectivity index is 1.78. The van der Waals surface area contributed by atoms with Crippen molar-refractivity contribution in [1.82, 2.24) is 5.32 Å². The highest BCUT2D eigenvalue weighted by Gasteiger charge is 2.14. The molecule has 1 aromatic carbocycles. The quantitative estimate of drug-likeness (QED) is 0.852. The van der Waals surface area contributed by atoms with E-state index >= 15 is 0 Å². The first kappa shape index (κ1) is 16.5. The van der Waals surface area contributed by atoms with Gasteiger partial charge in [-0.05, 0) is 43.3 Å². The third-order valence-corrected chi connectivity index (χ3v) is 4.12. The number of carbonyl (C=O) groups is 1. The van der Waals surface area contributed by atoms with Crippen molar-refractivity contribution in [3.63, 3.8) is 0 Å². The van der Waals surface area contributed by atoms with Gasteiger partial charge in [0.1, 0.15) is 17.7 Å². The molecule has 0 saturated heterocycles. The Morgan fingerprint density at radius 3 is 2.59 bits per heavy atom. The van der Waals surface area contributed by atoms with Gasteiger partial charge < -0.3 is 14.8 Å². The third kappa shape index (κ3) is 4.82. The SMILES string of the molecule is CO[C@@H](CNC(=O)COc1ccc(F)cc1)c1ccc(C)s1. The number of carbonyl (C=O) groups excluding carboxylic acids is 1. The molecule has 4 nitrogen and oxygen atoms in total. The summed E-state index contributed by atoms with van der Waals surface area (Å²) in [6.07, 6.45) is -0.173. The van der Waals surface area contributed by atoms with Gasteiger partial charge >= 0.3 is 0 Å². The summed E-state index contributed by atoms with van der Waals surface area (Å²) in [6, 6.07) is 9.55. The van der Waals surface area contributed by atoms with E-state index in [1.165, 1.54) is 29.1 Å². The standard InChI is InChI=1S/C16H18FNO3S/c1-11-3-8-15(22-11)14(20-2)9-18-16(19)10-21-13-6-4-12(17)5-7-13/h3-8,14H,9-10H2,1-2H3,(H,18,19)/t14-/m0/s1. The Morgan fingerprint density at radius 2 is 2.00 bits per heavy atom. The van der Waals surface area contributed by atoms with Crippen LogP contribution in [0.1, 0.15) is 15.9 Å². The highest BCUT2D eigenvalue weighted by Crippen LogP contribution is 2.24. The van der Waals surface area contributed by atoms with E-state index in [9.17, 15) is 9.18 Å². The predicted octanol–water partition coefficient (Wildman–Crippen LogP) is 3.08. The van der Waals surface area contributed by atoms with Gasteiger partial charge in [0.2, 0.25) is 0 Å². The lowest BCUT2D eigenvalue weighted by molar-refractivity contribution is -0.123. The first-order valence-electron chi connectivity index (χ1n) is 6.82. The summed E-state index contributed by atoms with van der Waals surface area (Å²) in [5.41, 5.74) is 0. The molecule has 1 amide bonds. The molecule has 1 atom stereocenters. The number of thiophene rings is 1. The van der Waals surface area contributed by atoms with Crippen LogP contribution < -0.4 is 10.1 Å². The monoisotopic (exact) mass is 323 g/mol. The average molecular weight is 323 g/mol. The minimum absolute atomic E-state index is 0.120. The Kier molecular flexibility index (Phi) is 5.91. The first-order valence-corrected chi connectivity index (χ1v) is 7.64. The molecule has 118 valence electrons. The van der Waals surface area contributed by atoms with Gasteiger partial charge in [-0.15, -0.1) is 11.3 Å². The lowest BCUT2D eigenvalue weighted by Gasteiger charge is -2.15. The number of aryl methyl sites for hydroxylation is 1. The van der Waals surface area contributed by atoms with E-state index in [1.807, 2.05) is 19.1 Å². The van der Waals surface area contributed by atoms with E-state index < -0.39 is 0 Å². The van der Waals surface area contributed by atoms with Crippen LogP contribution in [0.2, 0.25) is 0 Å². The molecule has 6 heteroatoms. The fraction of sp³-hybridized carbons (Fsp3) is 0.312. The summed E-state index contributed by atoms with van der Waals surface area (Å²) >= 11 is 1.64. The molecule has 22 heavy (non-hydrogen) atoms. The van der Waals surface area contributed by atoms with E-state index in [0.29, 0.717) is 12.3 Å². The molecular formula is C16H18FNO3S. The molecule has 0 aliphatic heterocycles. The summed E-state index contributed by atoms with van der Waals surface area (Å²) in [4.78, 5) is 14.0. The molecule has 1 N–H and O–H groups in total. The van der Waals surface area contributed by atoms with Crippen LogP contribution in [0.5, 0.6) is 5.75 Å². The van der Waals surface area contributed by atoms with Crippen molar-refractivity contribution in [3.05, 3.63) is 52.0 Å². The maximum absolute atomic E-state index is 12.7. The van der Waals surface area contributed by atoms with E-state index in [-0.39, 0.29) is 24.4 Å². The third-order valence-electron chi connectivity index (χ3n) is 3.03. The molecule has 1 heterocycles. The van der Waals surface area contributed by atoms with Crippen molar-refractivity contribution in [2.24, 2.45) is 0 Å². The van der Waals surface area contributed by atoms with Crippen LogP contribution in [-0.2, 0) is 9.53 Å². The van der Waals surface area contributed by atoms with Gasteiger partial charge in [0.15, 0.2) is 6.61 Å². The molecule has 0 aliphatic carbocycles. The molecule has 2 aromatic rings. The number of nitrogens with one attached hydrogen (secondary N) is 1. The second kappa shape index (κ2) is 7.91. The van der Waals surface area contributed by atoms with Crippen LogP contribution >= 0.6 is 11.3 Å². The Morgan fingerprint density at radius 1 is 1.27 bits per heavy atom. The molecule has 0 radical (unpaired) electrons. The molecule has 0 bridgehead atoms. The number of hydrogen-bond acceptors (Lipinski definition) is 4.